The van der Waals surface area contributed by atoms with Gasteiger partial charge in [-0.1, -0.05) is 32.1 Å². The van der Waals surface area contributed by atoms with E-state index in [0.29, 0.717) is 10.3 Å². The van der Waals surface area contributed by atoms with Gasteiger partial charge in [0.1, 0.15) is 4.88 Å². The smallest absolute Gasteiger partial charge is 0.349 e. The fraction of sp³-hybridized carbons (Fsp3) is 0.733. The van der Waals surface area contributed by atoms with Gasteiger partial charge in [0.05, 0.1) is 13.3 Å². The van der Waals surface area contributed by atoms with Crippen molar-refractivity contribution in [2.24, 2.45) is 11.3 Å². The molecule has 1 fully saturated rings. The summed E-state index contributed by atoms with van der Waals surface area (Å²) in [4.78, 5) is 18.8. The van der Waals surface area contributed by atoms with Gasteiger partial charge in [0.25, 0.3) is 0 Å². The third-order valence-electron chi connectivity index (χ3n) is 4.10. The Hall–Kier alpha value is -1.10. The number of rotatable bonds is 2. The Bertz CT molecular complexity index is 465. The van der Waals surface area contributed by atoms with E-state index in [4.69, 9.17) is 4.74 Å². The predicted molar refractivity (Wildman–Crippen MR) is 82.5 cm³/mol. The van der Waals surface area contributed by atoms with E-state index in [9.17, 15) is 4.79 Å². The minimum absolute atomic E-state index is 0.295. The SMILES string of the molecule is COC(=O)c1cnc(N2CCCC(C(C)(C)C)CC2)s1. The van der Waals surface area contributed by atoms with Gasteiger partial charge in [0, 0.05) is 13.1 Å². The molecule has 0 N–H and O–H groups in total. The molecule has 1 unspecified atom stereocenters. The molecule has 112 valence electrons. The average molecular weight is 296 g/mol. The molecule has 0 saturated carbocycles. The van der Waals surface area contributed by atoms with E-state index in [-0.39, 0.29) is 5.97 Å². The lowest BCUT2D eigenvalue weighted by Gasteiger charge is -2.29. The molecule has 0 bridgehead atoms. The Morgan fingerprint density at radius 2 is 2.15 bits per heavy atom. The van der Waals surface area contributed by atoms with Crippen LogP contribution in [0.15, 0.2) is 6.20 Å². The van der Waals surface area contributed by atoms with Crippen LogP contribution in [0.3, 0.4) is 0 Å². The van der Waals surface area contributed by atoms with Gasteiger partial charge >= 0.3 is 5.97 Å². The molecular formula is C15H24N2O2S. The second kappa shape index (κ2) is 6.12. The van der Waals surface area contributed by atoms with Gasteiger partial charge in [-0.25, -0.2) is 9.78 Å². The van der Waals surface area contributed by atoms with Crippen LogP contribution >= 0.6 is 11.3 Å². The zero-order valence-electron chi connectivity index (χ0n) is 12.8. The molecule has 5 heteroatoms. The Morgan fingerprint density at radius 1 is 1.40 bits per heavy atom. The largest absolute Gasteiger partial charge is 0.465 e. The zero-order chi connectivity index (χ0) is 14.8. The van der Waals surface area contributed by atoms with Crippen LogP contribution in [0, 0.1) is 11.3 Å². The molecule has 1 aliphatic heterocycles. The normalized spacial score (nSPS) is 20.6. The lowest BCUT2D eigenvalue weighted by molar-refractivity contribution is 0.0606. The minimum atomic E-state index is -0.295. The lowest BCUT2D eigenvalue weighted by atomic mass is 9.77. The second-order valence-electron chi connectivity index (χ2n) is 6.48. The van der Waals surface area contributed by atoms with Crippen LogP contribution in [0.25, 0.3) is 0 Å². The summed E-state index contributed by atoms with van der Waals surface area (Å²) in [6, 6.07) is 0. The number of anilines is 1. The highest BCUT2D eigenvalue weighted by Crippen LogP contribution is 2.35. The molecule has 0 aliphatic carbocycles. The topological polar surface area (TPSA) is 42.4 Å². The molecule has 1 aliphatic rings. The maximum absolute atomic E-state index is 11.5. The van der Waals surface area contributed by atoms with Crippen molar-refractivity contribution >= 4 is 22.4 Å². The number of aromatic nitrogens is 1. The Balaban J connectivity index is 2.03. The molecular weight excluding hydrogens is 272 g/mol. The summed E-state index contributed by atoms with van der Waals surface area (Å²) in [6.07, 6.45) is 5.28. The summed E-state index contributed by atoms with van der Waals surface area (Å²) in [7, 11) is 1.40. The molecule has 2 rings (SSSR count). The first-order valence-electron chi connectivity index (χ1n) is 7.21. The van der Waals surface area contributed by atoms with Crippen LogP contribution in [-0.2, 0) is 4.74 Å². The van der Waals surface area contributed by atoms with E-state index in [1.54, 1.807) is 6.20 Å². The van der Waals surface area contributed by atoms with Gasteiger partial charge in [0.15, 0.2) is 5.13 Å². The van der Waals surface area contributed by atoms with Crippen molar-refractivity contribution in [3.8, 4) is 0 Å². The van der Waals surface area contributed by atoms with E-state index >= 15 is 0 Å². The third-order valence-corrected chi connectivity index (χ3v) is 5.14. The fourth-order valence-corrected chi connectivity index (χ4v) is 3.65. The van der Waals surface area contributed by atoms with Crippen molar-refractivity contribution < 1.29 is 9.53 Å². The highest BCUT2D eigenvalue weighted by atomic mass is 32.1. The number of methoxy groups -OCH3 is 1. The summed E-state index contributed by atoms with van der Waals surface area (Å²) in [6.45, 7) is 9.03. The Morgan fingerprint density at radius 3 is 2.80 bits per heavy atom. The quantitative estimate of drug-likeness (QED) is 0.782. The van der Waals surface area contributed by atoms with Crippen molar-refractivity contribution in [1.29, 1.82) is 0 Å². The van der Waals surface area contributed by atoms with Crippen LogP contribution in [0.4, 0.5) is 5.13 Å². The van der Waals surface area contributed by atoms with Gasteiger partial charge in [-0.05, 0) is 30.6 Å². The molecule has 1 aromatic heterocycles. The monoisotopic (exact) mass is 296 g/mol. The average Bonchev–Trinajstić information content (AvgIpc) is 2.74. The van der Waals surface area contributed by atoms with Crippen LogP contribution in [0.1, 0.15) is 49.7 Å². The van der Waals surface area contributed by atoms with Crippen molar-refractivity contribution in [2.45, 2.75) is 40.0 Å². The Labute approximate surface area is 125 Å². The summed E-state index contributed by atoms with van der Waals surface area (Å²) in [5.74, 6) is 0.462. The van der Waals surface area contributed by atoms with E-state index in [0.717, 1.165) is 24.1 Å². The number of thiazole rings is 1. The van der Waals surface area contributed by atoms with Crippen molar-refractivity contribution in [3.63, 3.8) is 0 Å². The lowest BCUT2D eigenvalue weighted by Crippen LogP contribution is -2.25. The molecule has 1 aromatic rings. The molecule has 2 heterocycles. The van der Waals surface area contributed by atoms with Gasteiger partial charge in [-0.3, -0.25) is 0 Å². The van der Waals surface area contributed by atoms with Crippen molar-refractivity contribution in [2.75, 3.05) is 25.1 Å². The van der Waals surface area contributed by atoms with Gasteiger partial charge < -0.3 is 9.64 Å². The molecule has 0 aromatic carbocycles. The van der Waals surface area contributed by atoms with Crippen LogP contribution in [0.5, 0.6) is 0 Å². The maximum atomic E-state index is 11.5. The second-order valence-corrected chi connectivity index (χ2v) is 7.49. The zero-order valence-corrected chi connectivity index (χ0v) is 13.6. The number of hydrogen-bond donors (Lipinski definition) is 0. The van der Waals surface area contributed by atoms with E-state index < -0.39 is 0 Å². The first-order chi connectivity index (χ1) is 9.41. The molecule has 20 heavy (non-hydrogen) atoms. The molecule has 1 atom stereocenters. The number of hydrogen-bond acceptors (Lipinski definition) is 5. The Kier molecular flexibility index (Phi) is 4.68. The van der Waals surface area contributed by atoms with E-state index in [2.05, 4.69) is 30.7 Å². The highest BCUT2D eigenvalue weighted by Gasteiger charge is 2.28. The van der Waals surface area contributed by atoms with Crippen molar-refractivity contribution in [1.82, 2.24) is 4.98 Å². The molecule has 4 nitrogen and oxygen atoms in total. The van der Waals surface area contributed by atoms with E-state index in [1.807, 2.05) is 0 Å². The van der Waals surface area contributed by atoms with E-state index in [1.165, 1.54) is 37.7 Å². The fourth-order valence-electron chi connectivity index (χ4n) is 2.76. The molecule has 1 saturated heterocycles. The highest BCUT2D eigenvalue weighted by molar-refractivity contribution is 7.17. The number of carbonyl (C=O) groups excluding carboxylic acids is 1. The number of esters is 1. The number of nitrogens with zero attached hydrogens (tertiary/aromatic N) is 2. The van der Waals surface area contributed by atoms with Gasteiger partial charge in [-0.15, -0.1) is 0 Å². The summed E-state index contributed by atoms with van der Waals surface area (Å²) in [5.41, 5.74) is 0.371. The standard InChI is InChI=1S/C15H24N2O2S/c1-15(2,3)11-6-5-8-17(9-7-11)14-16-10-12(20-14)13(18)19-4/h10-11H,5-9H2,1-4H3. The van der Waals surface area contributed by atoms with Gasteiger partial charge in [-0.2, -0.15) is 0 Å². The summed E-state index contributed by atoms with van der Waals surface area (Å²) < 4.78 is 4.74. The van der Waals surface area contributed by atoms with Crippen molar-refractivity contribution in [3.05, 3.63) is 11.1 Å². The minimum Gasteiger partial charge on any atom is -0.465 e. The van der Waals surface area contributed by atoms with Gasteiger partial charge in [0.2, 0.25) is 0 Å². The molecule has 0 amide bonds. The van der Waals surface area contributed by atoms with Crippen LogP contribution < -0.4 is 4.90 Å². The van der Waals surface area contributed by atoms with Crippen LogP contribution in [0.2, 0.25) is 0 Å². The number of carbonyl (C=O) groups is 1. The first kappa shape index (κ1) is 15.3. The summed E-state index contributed by atoms with van der Waals surface area (Å²) >= 11 is 1.43. The maximum Gasteiger partial charge on any atom is 0.349 e. The molecule has 0 spiro atoms. The predicted octanol–water partition coefficient (Wildman–Crippen LogP) is 3.58. The number of ether oxygens (including phenoxy) is 1. The first-order valence-corrected chi connectivity index (χ1v) is 8.02. The molecule has 0 radical (unpaired) electrons. The third kappa shape index (κ3) is 3.51. The van der Waals surface area contributed by atoms with Crippen LogP contribution in [-0.4, -0.2) is 31.2 Å². The summed E-state index contributed by atoms with van der Waals surface area (Å²) in [5, 5.41) is 0.944.